The number of methoxy groups -OCH3 is 1. The van der Waals surface area contributed by atoms with E-state index in [9.17, 15) is 14.4 Å². The fraction of sp³-hybridized carbons (Fsp3) is 0.421. The third-order valence-corrected chi connectivity index (χ3v) is 5.62. The van der Waals surface area contributed by atoms with Gasteiger partial charge < -0.3 is 18.9 Å². The van der Waals surface area contributed by atoms with Gasteiger partial charge in [-0.2, -0.15) is 0 Å². The molecule has 8 heteroatoms. The first-order chi connectivity index (χ1) is 13.1. The highest BCUT2D eigenvalue weighted by molar-refractivity contribution is 6.25. The minimum atomic E-state index is -1.12. The number of amides is 2. The van der Waals surface area contributed by atoms with Gasteiger partial charge in [-0.25, -0.2) is 9.69 Å². The number of nitrogens with zero attached hydrogens (tertiary/aromatic N) is 1. The molecule has 0 spiro atoms. The van der Waals surface area contributed by atoms with E-state index in [2.05, 4.69) is 0 Å². The summed E-state index contributed by atoms with van der Waals surface area (Å²) in [6.07, 6.45) is 2.30. The zero-order valence-electron chi connectivity index (χ0n) is 14.5. The molecule has 27 heavy (non-hydrogen) atoms. The van der Waals surface area contributed by atoms with Gasteiger partial charge in [-0.3, -0.25) is 9.59 Å². The predicted octanol–water partition coefficient (Wildman–Crippen LogP) is 0.659. The molecular formula is C19H17NO7. The maximum atomic E-state index is 13.3. The van der Waals surface area contributed by atoms with Crippen LogP contribution in [0.1, 0.15) is 10.4 Å². The average Bonchev–Trinajstić information content (AvgIpc) is 3.45. The van der Waals surface area contributed by atoms with E-state index < -0.39 is 47.6 Å². The summed E-state index contributed by atoms with van der Waals surface area (Å²) < 4.78 is 22.0. The predicted molar refractivity (Wildman–Crippen MR) is 89.7 cm³/mol. The van der Waals surface area contributed by atoms with Gasteiger partial charge in [-0.15, -0.1) is 0 Å². The average molecular weight is 371 g/mol. The number of fused-ring (bicyclic) bond motifs is 5. The number of esters is 1. The minimum Gasteiger partial charge on any atom is -0.465 e. The molecule has 0 unspecified atom stereocenters. The molecule has 3 fully saturated rings. The lowest BCUT2D eigenvalue weighted by molar-refractivity contribution is -0.180. The third-order valence-electron chi connectivity index (χ3n) is 5.62. The van der Waals surface area contributed by atoms with Crippen LogP contribution < -0.4 is 4.90 Å². The zero-order chi connectivity index (χ0) is 18.8. The van der Waals surface area contributed by atoms with Crippen LogP contribution in [0.25, 0.3) is 0 Å². The van der Waals surface area contributed by atoms with Gasteiger partial charge in [-0.05, 0) is 18.2 Å². The molecule has 0 aromatic heterocycles. The van der Waals surface area contributed by atoms with Crippen LogP contribution in [0, 0.1) is 11.8 Å². The number of carbonyl (C=O) groups is 3. The maximum Gasteiger partial charge on any atom is 0.339 e. The van der Waals surface area contributed by atoms with Crippen molar-refractivity contribution in [1.82, 2.24) is 0 Å². The molecule has 2 amide bonds. The summed E-state index contributed by atoms with van der Waals surface area (Å²) in [5.74, 6) is -2.85. The van der Waals surface area contributed by atoms with Gasteiger partial charge in [0.1, 0.15) is 0 Å². The van der Waals surface area contributed by atoms with Crippen LogP contribution in [-0.2, 0) is 28.5 Å². The molecule has 0 radical (unpaired) electrons. The van der Waals surface area contributed by atoms with Crippen LogP contribution in [0.2, 0.25) is 0 Å². The van der Waals surface area contributed by atoms with Gasteiger partial charge in [0, 0.05) is 0 Å². The number of carbonyl (C=O) groups excluding carboxylic acids is 3. The van der Waals surface area contributed by atoms with Gasteiger partial charge in [0.15, 0.2) is 11.9 Å². The van der Waals surface area contributed by atoms with Gasteiger partial charge in [0.25, 0.3) is 0 Å². The lowest BCUT2D eigenvalue weighted by Crippen LogP contribution is -2.49. The summed E-state index contributed by atoms with van der Waals surface area (Å²) in [4.78, 5) is 39.7. The van der Waals surface area contributed by atoms with Crippen LogP contribution in [0.3, 0.4) is 0 Å². The van der Waals surface area contributed by atoms with Crippen molar-refractivity contribution in [1.29, 1.82) is 0 Å². The van der Waals surface area contributed by atoms with Crippen molar-refractivity contribution < 1.29 is 33.3 Å². The van der Waals surface area contributed by atoms with E-state index in [0.29, 0.717) is 13.2 Å². The Kier molecular flexibility index (Phi) is 3.52. The molecule has 2 bridgehead atoms. The van der Waals surface area contributed by atoms with Gasteiger partial charge in [0.05, 0.1) is 49.5 Å². The van der Waals surface area contributed by atoms with Crippen LogP contribution in [-0.4, -0.2) is 56.1 Å². The van der Waals surface area contributed by atoms with E-state index in [-0.39, 0.29) is 11.3 Å². The van der Waals surface area contributed by atoms with Crippen molar-refractivity contribution in [3.63, 3.8) is 0 Å². The maximum absolute atomic E-state index is 13.3. The Morgan fingerprint density at radius 1 is 1.19 bits per heavy atom. The SMILES string of the molecule is COC(=O)c1ccccc1N1C(=O)[C@@H]2[C@@H](C1=O)[C@@]1(C3OCCO3)C=C[C@H]2O1. The Morgan fingerprint density at radius 2 is 1.93 bits per heavy atom. The highest BCUT2D eigenvalue weighted by atomic mass is 16.7. The summed E-state index contributed by atoms with van der Waals surface area (Å²) in [5, 5.41) is 0. The van der Waals surface area contributed by atoms with Crippen molar-refractivity contribution in [2.75, 3.05) is 25.2 Å². The molecule has 8 nitrogen and oxygen atoms in total. The first-order valence-electron chi connectivity index (χ1n) is 8.74. The van der Waals surface area contributed by atoms with Crippen molar-refractivity contribution in [3.05, 3.63) is 42.0 Å². The molecule has 0 aliphatic carbocycles. The van der Waals surface area contributed by atoms with Gasteiger partial charge in [-0.1, -0.05) is 18.2 Å². The molecule has 140 valence electrons. The second kappa shape index (κ2) is 5.72. The molecule has 4 aliphatic heterocycles. The number of anilines is 1. The summed E-state index contributed by atoms with van der Waals surface area (Å²) >= 11 is 0. The van der Waals surface area contributed by atoms with Gasteiger partial charge >= 0.3 is 5.97 Å². The lowest BCUT2D eigenvalue weighted by Gasteiger charge is -2.32. The van der Waals surface area contributed by atoms with Crippen molar-refractivity contribution in [2.45, 2.75) is 18.0 Å². The first kappa shape index (κ1) is 16.6. The van der Waals surface area contributed by atoms with E-state index >= 15 is 0 Å². The van der Waals surface area contributed by atoms with E-state index in [1.165, 1.54) is 13.2 Å². The molecule has 0 N–H and O–H groups in total. The monoisotopic (exact) mass is 371 g/mol. The molecule has 0 saturated carbocycles. The van der Waals surface area contributed by atoms with Crippen molar-refractivity contribution in [2.24, 2.45) is 11.8 Å². The van der Waals surface area contributed by atoms with Crippen molar-refractivity contribution in [3.8, 4) is 0 Å². The van der Waals surface area contributed by atoms with E-state index in [4.69, 9.17) is 18.9 Å². The fourth-order valence-electron chi connectivity index (χ4n) is 4.51. The summed E-state index contributed by atoms with van der Waals surface area (Å²) in [7, 11) is 1.25. The van der Waals surface area contributed by atoms with Crippen LogP contribution in [0.15, 0.2) is 36.4 Å². The highest BCUT2D eigenvalue weighted by Gasteiger charge is 2.71. The molecule has 4 heterocycles. The van der Waals surface area contributed by atoms with Crippen LogP contribution >= 0.6 is 0 Å². The molecule has 4 atom stereocenters. The van der Waals surface area contributed by atoms with Crippen LogP contribution in [0.5, 0.6) is 0 Å². The smallest absolute Gasteiger partial charge is 0.339 e. The van der Waals surface area contributed by atoms with E-state index in [1.54, 1.807) is 30.4 Å². The van der Waals surface area contributed by atoms with Crippen molar-refractivity contribution >= 4 is 23.5 Å². The number of benzene rings is 1. The van der Waals surface area contributed by atoms with Crippen LogP contribution in [0.4, 0.5) is 5.69 Å². The Morgan fingerprint density at radius 3 is 2.67 bits per heavy atom. The Hall–Kier alpha value is -2.55. The summed E-state index contributed by atoms with van der Waals surface area (Å²) in [6, 6.07) is 6.41. The summed E-state index contributed by atoms with van der Waals surface area (Å²) in [6.45, 7) is 0.811. The normalized spacial score (nSPS) is 34.6. The molecule has 1 aromatic rings. The quantitative estimate of drug-likeness (QED) is 0.438. The topological polar surface area (TPSA) is 91.4 Å². The second-order valence-electron chi connectivity index (χ2n) is 6.89. The largest absolute Gasteiger partial charge is 0.465 e. The zero-order valence-corrected chi connectivity index (χ0v) is 14.5. The highest BCUT2D eigenvalue weighted by Crippen LogP contribution is 2.55. The van der Waals surface area contributed by atoms with E-state index in [0.717, 1.165) is 4.90 Å². The Balaban J connectivity index is 1.57. The van der Waals surface area contributed by atoms with E-state index in [1.807, 2.05) is 0 Å². The minimum absolute atomic E-state index is 0.158. The molecule has 3 saturated heterocycles. The Labute approximate surface area is 154 Å². The van der Waals surface area contributed by atoms with Gasteiger partial charge in [0.2, 0.25) is 11.8 Å². The molecule has 1 aromatic carbocycles. The lowest BCUT2D eigenvalue weighted by atomic mass is 9.76. The molecule has 4 aliphatic rings. The third kappa shape index (κ3) is 2.06. The number of hydrogen-bond acceptors (Lipinski definition) is 7. The standard InChI is InChI=1S/C19H17NO7/c1-24-17(23)10-4-2-3-5-11(10)20-15(21)13-12-6-7-19(27-12,14(13)16(20)22)18-25-8-9-26-18/h2-7,12-14,18H,8-9H2,1H3/t12-,13+,14+,19-/m1/s1. The summed E-state index contributed by atoms with van der Waals surface area (Å²) in [5.41, 5.74) is -0.741. The first-order valence-corrected chi connectivity index (χ1v) is 8.74. The molecular weight excluding hydrogens is 354 g/mol. The number of rotatable bonds is 3. The second-order valence-corrected chi connectivity index (χ2v) is 6.89. The molecule has 5 rings (SSSR count). The fourth-order valence-corrected chi connectivity index (χ4v) is 4.51. The number of ether oxygens (including phenoxy) is 4. The Bertz CT molecular complexity index is 875. The number of hydrogen-bond donors (Lipinski definition) is 0. The number of imide groups is 1. The number of para-hydroxylation sites is 1.